The van der Waals surface area contributed by atoms with Crippen molar-refractivity contribution in [2.45, 2.75) is 95.5 Å². The van der Waals surface area contributed by atoms with Crippen molar-refractivity contribution in [1.82, 2.24) is 4.90 Å². The second-order valence-corrected chi connectivity index (χ2v) is 13.0. The van der Waals surface area contributed by atoms with Crippen LogP contribution in [0.2, 0.25) is 0 Å². The lowest BCUT2D eigenvalue weighted by Crippen LogP contribution is -2.61. The SMILES string of the molecule is C[C@]12C[C@H](O)[C@H](O)C[C@H]1C(=O)C=C1C2CC[C@]2(C)C(C(O)CN3CCC(CCO)CC3)CC[C@@]12O. The number of fused-ring (bicyclic) bond motifs is 5. The van der Waals surface area contributed by atoms with Gasteiger partial charge in [0.2, 0.25) is 0 Å². The number of likely N-dealkylation sites (tertiary alicyclic amines) is 1. The van der Waals surface area contributed by atoms with Crippen molar-refractivity contribution in [2.75, 3.05) is 26.2 Å². The van der Waals surface area contributed by atoms with Crippen molar-refractivity contribution in [2.24, 2.45) is 34.5 Å². The normalized spacial score (nSPS) is 47.6. The van der Waals surface area contributed by atoms with E-state index >= 15 is 0 Å². The van der Waals surface area contributed by atoms with Crippen LogP contribution in [0.15, 0.2) is 11.6 Å². The summed E-state index contributed by atoms with van der Waals surface area (Å²) in [6, 6.07) is 0. The van der Waals surface area contributed by atoms with Gasteiger partial charge < -0.3 is 30.4 Å². The minimum Gasteiger partial charge on any atom is -0.396 e. The minimum absolute atomic E-state index is 0.00636. The monoisotopic (exact) mass is 491 g/mol. The van der Waals surface area contributed by atoms with Crippen molar-refractivity contribution in [3.05, 3.63) is 11.6 Å². The molecule has 5 aliphatic rings. The number of carbonyl (C=O) groups is 1. The molecule has 0 bridgehead atoms. The second kappa shape index (κ2) is 9.17. The van der Waals surface area contributed by atoms with Gasteiger partial charge in [-0.15, -0.1) is 0 Å². The van der Waals surface area contributed by atoms with Gasteiger partial charge >= 0.3 is 0 Å². The summed E-state index contributed by atoms with van der Waals surface area (Å²) < 4.78 is 0. The predicted molar refractivity (Wildman–Crippen MR) is 131 cm³/mol. The molecular formula is C28H45NO6. The molecule has 4 aliphatic carbocycles. The molecule has 7 nitrogen and oxygen atoms in total. The number of hydrogen-bond acceptors (Lipinski definition) is 7. The van der Waals surface area contributed by atoms with Gasteiger partial charge in [0.1, 0.15) is 0 Å². The summed E-state index contributed by atoms with van der Waals surface area (Å²) in [6.07, 6.45) is 5.93. The van der Waals surface area contributed by atoms with Crippen LogP contribution < -0.4 is 0 Å². The first-order chi connectivity index (χ1) is 16.5. The van der Waals surface area contributed by atoms with Crippen molar-refractivity contribution in [1.29, 1.82) is 0 Å². The molecule has 0 amide bonds. The van der Waals surface area contributed by atoms with Crippen LogP contribution in [0.25, 0.3) is 0 Å². The van der Waals surface area contributed by atoms with Gasteiger partial charge in [-0.2, -0.15) is 0 Å². The quantitative estimate of drug-likeness (QED) is 0.396. The topological polar surface area (TPSA) is 121 Å². The molecule has 3 unspecified atom stereocenters. The largest absolute Gasteiger partial charge is 0.396 e. The molecule has 0 radical (unpaired) electrons. The Kier molecular flexibility index (Phi) is 6.76. The molecule has 0 spiro atoms. The van der Waals surface area contributed by atoms with Crippen LogP contribution >= 0.6 is 0 Å². The zero-order chi connectivity index (χ0) is 25.2. The van der Waals surface area contributed by atoms with E-state index in [1.54, 1.807) is 6.08 Å². The van der Waals surface area contributed by atoms with Gasteiger partial charge in [0.15, 0.2) is 5.78 Å². The smallest absolute Gasteiger partial charge is 0.159 e. The Morgan fingerprint density at radius 1 is 1.06 bits per heavy atom. The molecule has 35 heavy (non-hydrogen) atoms. The van der Waals surface area contributed by atoms with E-state index in [1.807, 2.05) is 0 Å². The summed E-state index contributed by atoms with van der Waals surface area (Å²) in [5.41, 5.74) is -1.27. The summed E-state index contributed by atoms with van der Waals surface area (Å²) in [5, 5.41) is 53.6. The summed E-state index contributed by atoms with van der Waals surface area (Å²) in [5.74, 6) is 0.185. The van der Waals surface area contributed by atoms with Crippen LogP contribution in [0.1, 0.15) is 71.6 Å². The molecule has 0 aromatic heterocycles. The van der Waals surface area contributed by atoms with Crippen molar-refractivity contribution in [3.8, 4) is 0 Å². The van der Waals surface area contributed by atoms with E-state index in [2.05, 4.69) is 18.7 Å². The van der Waals surface area contributed by atoms with E-state index in [9.17, 15) is 30.3 Å². The number of carbonyl (C=O) groups excluding carboxylic acids is 1. The van der Waals surface area contributed by atoms with Gasteiger partial charge in [0.25, 0.3) is 0 Å². The van der Waals surface area contributed by atoms with E-state index in [0.29, 0.717) is 25.3 Å². The standard InChI is InChI=1S/C28H45NO6/c1-26-15-24(33)23(32)14-21(26)22(31)13-20-18(26)3-8-27(2)19(4-9-28(20,27)35)25(34)16-29-10-5-17(6-11-29)7-12-30/h13,17-19,21,23-25,30,32-35H,3-12,14-16H2,1-2H3/t18?,19?,21-,23+,24-,25?,26+,27+,28+/m0/s1. The van der Waals surface area contributed by atoms with Crippen molar-refractivity contribution >= 4 is 5.78 Å². The molecule has 5 N–H and O–H groups in total. The lowest BCUT2D eigenvalue weighted by Gasteiger charge is -2.60. The van der Waals surface area contributed by atoms with E-state index in [1.165, 1.54) is 0 Å². The van der Waals surface area contributed by atoms with E-state index in [4.69, 9.17) is 0 Å². The number of hydrogen-bond donors (Lipinski definition) is 5. The second-order valence-electron chi connectivity index (χ2n) is 13.0. The van der Waals surface area contributed by atoms with E-state index in [-0.39, 0.29) is 36.6 Å². The van der Waals surface area contributed by atoms with E-state index in [0.717, 1.165) is 57.2 Å². The van der Waals surface area contributed by atoms with Crippen LogP contribution in [0.5, 0.6) is 0 Å². The first-order valence-electron chi connectivity index (χ1n) is 13.9. The fourth-order valence-electron chi connectivity index (χ4n) is 9.06. The maximum Gasteiger partial charge on any atom is 0.159 e. The number of β-amino-alcohol motifs (C(OH)–C–C–N with tert-alkyl or cyclic N) is 1. The van der Waals surface area contributed by atoms with Crippen LogP contribution in [0, 0.1) is 34.5 Å². The highest BCUT2D eigenvalue weighted by Gasteiger charge is 2.67. The highest BCUT2D eigenvalue weighted by molar-refractivity contribution is 5.95. The number of allylic oxidation sites excluding steroid dienone is 1. The molecule has 1 aliphatic heterocycles. The van der Waals surface area contributed by atoms with Gasteiger partial charge in [0.05, 0.1) is 23.9 Å². The third kappa shape index (κ3) is 3.96. The predicted octanol–water partition coefficient (Wildman–Crippen LogP) is 1.65. The number of aliphatic hydroxyl groups excluding tert-OH is 4. The Bertz CT molecular complexity index is 854. The van der Waals surface area contributed by atoms with Crippen LogP contribution in [-0.2, 0) is 4.79 Å². The molecule has 9 atom stereocenters. The van der Waals surface area contributed by atoms with Gasteiger partial charge in [0, 0.05) is 24.5 Å². The van der Waals surface area contributed by atoms with Crippen LogP contribution in [-0.4, -0.2) is 86.4 Å². The first kappa shape index (κ1) is 25.8. The number of nitrogens with zero attached hydrogens (tertiary/aromatic N) is 1. The van der Waals surface area contributed by atoms with Gasteiger partial charge in [-0.25, -0.2) is 0 Å². The zero-order valence-corrected chi connectivity index (χ0v) is 21.4. The highest BCUT2D eigenvalue weighted by Crippen LogP contribution is 2.67. The first-order valence-corrected chi connectivity index (χ1v) is 13.9. The molecule has 7 heteroatoms. The van der Waals surface area contributed by atoms with E-state index < -0.39 is 34.7 Å². The average molecular weight is 492 g/mol. The molecular weight excluding hydrogens is 446 g/mol. The summed E-state index contributed by atoms with van der Waals surface area (Å²) in [7, 11) is 0. The molecule has 3 saturated carbocycles. The number of aliphatic hydroxyl groups is 5. The fourth-order valence-corrected chi connectivity index (χ4v) is 9.06. The molecule has 1 saturated heterocycles. The third-order valence-corrected chi connectivity index (χ3v) is 11.3. The number of piperidine rings is 1. The summed E-state index contributed by atoms with van der Waals surface area (Å²) >= 11 is 0. The Balaban J connectivity index is 1.35. The fraction of sp³-hybridized carbons (Fsp3) is 0.893. The number of ketones is 1. The Morgan fingerprint density at radius 2 is 1.77 bits per heavy atom. The van der Waals surface area contributed by atoms with Gasteiger partial charge in [-0.05, 0) is 106 Å². The maximum atomic E-state index is 13.3. The Hall–Kier alpha value is -0.830. The van der Waals surface area contributed by atoms with Crippen LogP contribution in [0.4, 0.5) is 0 Å². The molecule has 0 aromatic rings. The number of rotatable bonds is 5. The molecule has 1 heterocycles. The van der Waals surface area contributed by atoms with Gasteiger partial charge in [-0.1, -0.05) is 13.8 Å². The third-order valence-electron chi connectivity index (χ3n) is 11.3. The van der Waals surface area contributed by atoms with Crippen molar-refractivity contribution < 1.29 is 30.3 Å². The lowest BCUT2D eigenvalue weighted by molar-refractivity contribution is -0.155. The molecule has 4 fully saturated rings. The highest BCUT2D eigenvalue weighted by atomic mass is 16.3. The van der Waals surface area contributed by atoms with Gasteiger partial charge in [-0.3, -0.25) is 4.79 Å². The summed E-state index contributed by atoms with van der Waals surface area (Å²) in [4.78, 5) is 15.6. The van der Waals surface area contributed by atoms with Crippen molar-refractivity contribution in [3.63, 3.8) is 0 Å². The minimum atomic E-state index is -1.12. The zero-order valence-electron chi connectivity index (χ0n) is 21.4. The van der Waals surface area contributed by atoms with Crippen LogP contribution in [0.3, 0.4) is 0 Å². The maximum absolute atomic E-state index is 13.3. The molecule has 5 rings (SSSR count). The Morgan fingerprint density at radius 3 is 2.46 bits per heavy atom. The lowest BCUT2D eigenvalue weighted by atomic mass is 9.46. The Labute approximate surface area is 209 Å². The summed E-state index contributed by atoms with van der Waals surface area (Å²) in [6.45, 7) is 6.89. The average Bonchev–Trinajstić information content (AvgIpc) is 3.09. The molecule has 0 aromatic carbocycles. The molecule has 198 valence electrons.